The Balaban J connectivity index is 1.73. The summed E-state index contributed by atoms with van der Waals surface area (Å²) < 4.78 is 0. The van der Waals surface area contributed by atoms with Crippen molar-refractivity contribution in [2.45, 2.75) is 63.9 Å². The summed E-state index contributed by atoms with van der Waals surface area (Å²) in [6, 6.07) is 0. The maximum absolute atomic E-state index is 12.1. The van der Waals surface area contributed by atoms with Crippen LogP contribution in [0.4, 0.5) is 0 Å². The largest absolute Gasteiger partial charge is 0.393 e. The molecule has 2 atom stereocenters. The van der Waals surface area contributed by atoms with E-state index in [1.807, 2.05) is 0 Å². The fraction of sp³-hybridized carbons (Fsp3) is 0.933. The zero-order valence-electron chi connectivity index (χ0n) is 11.9. The van der Waals surface area contributed by atoms with Gasteiger partial charge in [0.1, 0.15) is 0 Å². The summed E-state index contributed by atoms with van der Waals surface area (Å²) in [4.78, 5) is 12.1. The molecule has 2 aliphatic rings. The maximum Gasteiger partial charge on any atom is 0.220 e. The van der Waals surface area contributed by atoms with Crippen molar-refractivity contribution in [3.63, 3.8) is 0 Å². The monoisotopic (exact) mass is 268 g/mol. The molecule has 4 nitrogen and oxygen atoms in total. The van der Waals surface area contributed by atoms with E-state index in [4.69, 9.17) is 5.73 Å². The van der Waals surface area contributed by atoms with Crippen molar-refractivity contribution in [2.24, 2.45) is 17.1 Å². The van der Waals surface area contributed by atoms with Crippen molar-refractivity contribution in [1.82, 2.24) is 5.32 Å². The Morgan fingerprint density at radius 3 is 2.58 bits per heavy atom. The third kappa shape index (κ3) is 4.18. The highest BCUT2D eigenvalue weighted by atomic mass is 16.3. The second-order valence-corrected chi connectivity index (χ2v) is 6.58. The first-order valence-electron chi connectivity index (χ1n) is 7.78. The molecule has 2 fully saturated rings. The Morgan fingerprint density at radius 1 is 1.26 bits per heavy atom. The van der Waals surface area contributed by atoms with E-state index in [-0.39, 0.29) is 17.4 Å². The number of amides is 1. The zero-order valence-corrected chi connectivity index (χ0v) is 11.9. The van der Waals surface area contributed by atoms with Crippen molar-refractivity contribution in [3.05, 3.63) is 0 Å². The Hall–Kier alpha value is -0.610. The fourth-order valence-electron chi connectivity index (χ4n) is 3.65. The van der Waals surface area contributed by atoms with Gasteiger partial charge in [-0.1, -0.05) is 19.3 Å². The summed E-state index contributed by atoms with van der Waals surface area (Å²) >= 11 is 0. The third-order valence-corrected chi connectivity index (χ3v) is 4.98. The second-order valence-electron chi connectivity index (χ2n) is 6.58. The van der Waals surface area contributed by atoms with E-state index in [1.54, 1.807) is 0 Å². The number of nitrogens with two attached hydrogens (primary N) is 1. The van der Waals surface area contributed by atoms with Crippen LogP contribution in [0, 0.1) is 11.3 Å². The van der Waals surface area contributed by atoms with Gasteiger partial charge in [-0.15, -0.1) is 0 Å². The van der Waals surface area contributed by atoms with Crippen LogP contribution in [-0.2, 0) is 4.79 Å². The van der Waals surface area contributed by atoms with Gasteiger partial charge in [-0.3, -0.25) is 4.79 Å². The van der Waals surface area contributed by atoms with Crippen molar-refractivity contribution >= 4 is 5.91 Å². The summed E-state index contributed by atoms with van der Waals surface area (Å²) in [5.74, 6) is 0.605. The molecule has 0 radical (unpaired) electrons. The summed E-state index contributed by atoms with van der Waals surface area (Å²) in [5.41, 5.74) is 5.96. The molecular weight excluding hydrogens is 240 g/mol. The van der Waals surface area contributed by atoms with Crippen molar-refractivity contribution in [1.29, 1.82) is 0 Å². The van der Waals surface area contributed by atoms with Gasteiger partial charge in [0, 0.05) is 13.0 Å². The summed E-state index contributed by atoms with van der Waals surface area (Å²) in [5, 5.41) is 12.5. The predicted octanol–water partition coefficient (Wildman–Crippen LogP) is 1.56. The molecule has 0 aromatic rings. The Bertz CT molecular complexity index is 301. The van der Waals surface area contributed by atoms with Crippen LogP contribution < -0.4 is 11.1 Å². The van der Waals surface area contributed by atoms with E-state index >= 15 is 0 Å². The lowest BCUT2D eigenvalue weighted by atomic mass is 9.71. The molecule has 0 aliphatic heterocycles. The average molecular weight is 268 g/mol. The van der Waals surface area contributed by atoms with Gasteiger partial charge in [0.2, 0.25) is 5.91 Å². The Morgan fingerprint density at radius 2 is 2.00 bits per heavy atom. The number of aliphatic hydroxyl groups is 1. The molecule has 4 N–H and O–H groups in total. The summed E-state index contributed by atoms with van der Waals surface area (Å²) in [7, 11) is 0. The first kappa shape index (κ1) is 14.8. The summed E-state index contributed by atoms with van der Waals surface area (Å²) in [6.07, 6.45) is 9.06. The molecule has 0 aromatic heterocycles. The zero-order chi connectivity index (χ0) is 13.7. The van der Waals surface area contributed by atoms with Gasteiger partial charge in [-0.2, -0.15) is 0 Å². The number of aliphatic hydroxyl groups excluding tert-OH is 1. The van der Waals surface area contributed by atoms with Gasteiger partial charge < -0.3 is 16.2 Å². The second kappa shape index (κ2) is 6.71. The molecule has 2 aliphatic carbocycles. The lowest BCUT2D eigenvalue weighted by molar-refractivity contribution is -0.124. The molecule has 110 valence electrons. The Labute approximate surface area is 116 Å². The SMILES string of the molecule is NCC1(CC(=O)NCC2CCC(O)C2)CCCCC1. The molecular formula is C15H28N2O2. The quantitative estimate of drug-likeness (QED) is 0.708. The smallest absolute Gasteiger partial charge is 0.220 e. The molecule has 0 spiro atoms. The van der Waals surface area contributed by atoms with E-state index in [2.05, 4.69) is 5.32 Å². The van der Waals surface area contributed by atoms with Crippen LogP contribution in [0.2, 0.25) is 0 Å². The number of hydrogen-bond donors (Lipinski definition) is 3. The minimum absolute atomic E-state index is 0.0531. The molecule has 0 bridgehead atoms. The van der Waals surface area contributed by atoms with Gasteiger partial charge in [-0.05, 0) is 50.0 Å². The molecule has 19 heavy (non-hydrogen) atoms. The van der Waals surface area contributed by atoms with E-state index in [9.17, 15) is 9.90 Å². The minimum atomic E-state index is -0.157. The van der Waals surface area contributed by atoms with Crippen LogP contribution in [0.1, 0.15) is 57.8 Å². The van der Waals surface area contributed by atoms with Gasteiger partial charge in [0.15, 0.2) is 0 Å². The van der Waals surface area contributed by atoms with Gasteiger partial charge in [-0.25, -0.2) is 0 Å². The van der Waals surface area contributed by atoms with E-state index < -0.39 is 0 Å². The van der Waals surface area contributed by atoms with E-state index in [1.165, 1.54) is 19.3 Å². The lowest BCUT2D eigenvalue weighted by Crippen LogP contribution is -2.39. The van der Waals surface area contributed by atoms with Crippen LogP contribution in [0.15, 0.2) is 0 Å². The van der Waals surface area contributed by atoms with Crippen molar-refractivity contribution in [2.75, 3.05) is 13.1 Å². The standard InChI is InChI=1S/C15H28N2O2/c16-11-15(6-2-1-3-7-15)9-14(19)17-10-12-4-5-13(18)8-12/h12-13,18H,1-11,16H2,(H,17,19). The maximum atomic E-state index is 12.1. The van der Waals surface area contributed by atoms with Crippen LogP contribution in [0.5, 0.6) is 0 Å². The Kier molecular flexibility index (Phi) is 5.22. The normalized spacial score (nSPS) is 30.2. The number of carbonyl (C=O) groups is 1. The van der Waals surface area contributed by atoms with Crippen molar-refractivity contribution in [3.8, 4) is 0 Å². The van der Waals surface area contributed by atoms with E-state index in [0.29, 0.717) is 18.9 Å². The van der Waals surface area contributed by atoms with Gasteiger partial charge in [0.25, 0.3) is 0 Å². The number of carbonyl (C=O) groups excluding carboxylic acids is 1. The molecule has 0 aromatic carbocycles. The lowest BCUT2D eigenvalue weighted by Gasteiger charge is -2.35. The van der Waals surface area contributed by atoms with Crippen LogP contribution in [0.3, 0.4) is 0 Å². The molecule has 2 rings (SSSR count). The predicted molar refractivity (Wildman–Crippen MR) is 75.5 cm³/mol. The van der Waals surface area contributed by atoms with Crippen molar-refractivity contribution < 1.29 is 9.90 Å². The topological polar surface area (TPSA) is 75.4 Å². The first-order chi connectivity index (χ1) is 9.13. The number of rotatable bonds is 5. The molecule has 0 saturated heterocycles. The minimum Gasteiger partial charge on any atom is -0.393 e. The number of nitrogens with one attached hydrogen (secondary N) is 1. The average Bonchev–Trinajstić information content (AvgIpc) is 2.83. The van der Waals surface area contributed by atoms with E-state index in [0.717, 1.165) is 38.6 Å². The first-order valence-corrected chi connectivity index (χ1v) is 7.78. The third-order valence-electron chi connectivity index (χ3n) is 4.98. The summed E-state index contributed by atoms with van der Waals surface area (Å²) in [6.45, 7) is 1.35. The molecule has 1 amide bonds. The molecule has 2 unspecified atom stereocenters. The van der Waals surface area contributed by atoms with Crippen LogP contribution in [-0.4, -0.2) is 30.2 Å². The van der Waals surface area contributed by atoms with Crippen LogP contribution in [0.25, 0.3) is 0 Å². The highest BCUT2D eigenvalue weighted by Gasteiger charge is 2.33. The van der Waals surface area contributed by atoms with Gasteiger partial charge in [0.05, 0.1) is 6.10 Å². The molecule has 4 heteroatoms. The highest BCUT2D eigenvalue weighted by molar-refractivity contribution is 5.76. The fourth-order valence-corrected chi connectivity index (χ4v) is 3.65. The molecule has 2 saturated carbocycles. The molecule has 0 heterocycles. The highest BCUT2D eigenvalue weighted by Crippen LogP contribution is 2.38. The van der Waals surface area contributed by atoms with Crippen LogP contribution >= 0.6 is 0 Å². The van der Waals surface area contributed by atoms with Gasteiger partial charge >= 0.3 is 0 Å². The number of hydrogen-bond acceptors (Lipinski definition) is 3.